The third kappa shape index (κ3) is 4.66. The Morgan fingerprint density at radius 2 is 1.11 bits per heavy atom. The van der Waals surface area contributed by atoms with Crippen LogP contribution in [0.5, 0.6) is 11.5 Å². The van der Waals surface area contributed by atoms with Gasteiger partial charge in [0.2, 0.25) is 0 Å². The van der Waals surface area contributed by atoms with Gasteiger partial charge in [0.25, 0.3) is 0 Å². The Balaban J connectivity index is 0.941. The minimum absolute atomic E-state index is 0.798. The molecule has 0 saturated carbocycles. The van der Waals surface area contributed by atoms with E-state index in [1.54, 1.807) is 0 Å². The normalized spacial score (nSPS) is 12.4. The Kier molecular flexibility index (Phi) is 6.49. The van der Waals surface area contributed by atoms with E-state index in [1.807, 2.05) is 24.3 Å². The number of ether oxygens (including phenoxy) is 1. The summed E-state index contributed by atoms with van der Waals surface area (Å²) in [6, 6.07) is 66.5. The smallest absolute Gasteiger partial charge is 0.137 e. The minimum atomic E-state index is 0.798. The van der Waals surface area contributed by atoms with Crippen molar-refractivity contribution in [3.05, 3.63) is 188 Å². The molecule has 0 unspecified atom stereocenters. The van der Waals surface area contributed by atoms with E-state index in [2.05, 4.69) is 168 Å². The predicted octanol–water partition coefficient (Wildman–Crippen LogP) is 15.2. The fourth-order valence-electron chi connectivity index (χ4n) is 9.98. The molecule has 0 bridgehead atoms. The molecule has 1 aliphatic rings. The summed E-state index contributed by atoms with van der Waals surface area (Å²) in [5.41, 5.74) is 12.5. The molecule has 0 atom stereocenters. The van der Waals surface area contributed by atoms with Gasteiger partial charge in [0.1, 0.15) is 22.7 Å². The maximum Gasteiger partial charge on any atom is 0.137 e. The molecule has 5 heteroatoms. The summed E-state index contributed by atoms with van der Waals surface area (Å²) in [4.78, 5) is 10.7. The maximum absolute atomic E-state index is 6.90. The van der Waals surface area contributed by atoms with Crippen molar-refractivity contribution >= 4 is 87.1 Å². The number of furan rings is 1. The van der Waals surface area contributed by atoms with Crippen molar-refractivity contribution < 1.29 is 9.15 Å². The summed E-state index contributed by atoms with van der Waals surface area (Å²) in [7, 11) is 0. The molecule has 13 aromatic rings. The first kappa shape index (κ1) is 32.7. The lowest BCUT2D eigenvalue weighted by Crippen LogP contribution is -2.01. The quantitative estimate of drug-likeness (QED) is 0.179. The van der Waals surface area contributed by atoms with Crippen LogP contribution in [0, 0.1) is 0 Å². The highest BCUT2D eigenvalue weighted by molar-refractivity contribution is 6.19. The van der Waals surface area contributed by atoms with Gasteiger partial charge in [-0.2, -0.15) is 0 Å². The van der Waals surface area contributed by atoms with Gasteiger partial charge in [-0.1, -0.05) is 109 Å². The Bertz CT molecular complexity index is 4040. The van der Waals surface area contributed by atoms with Crippen LogP contribution in [0.2, 0.25) is 0 Å². The lowest BCUT2D eigenvalue weighted by atomic mass is 9.90. The maximum atomic E-state index is 6.90. The summed E-state index contributed by atoms with van der Waals surface area (Å²) in [5.74, 6) is 1.65. The molecule has 0 radical (unpaired) electrons. The number of fused-ring (bicyclic) bond motifs is 12. The van der Waals surface area contributed by atoms with Crippen molar-refractivity contribution in [3.63, 3.8) is 0 Å². The van der Waals surface area contributed by atoms with Gasteiger partial charge in [0.05, 0.1) is 33.5 Å². The third-order valence-corrected chi connectivity index (χ3v) is 12.7. The van der Waals surface area contributed by atoms with Crippen LogP contribution in [0.15, 0.2) is 192 Å². The Hall–Kier alpha value is -8.28. The van der Waals surface area contributed by atoms with Gasteiger partial charge in [-0.05, 0) is 105 Å². The van der Waals surface area contributed by atoms with Crippen molar-refractivity contribution in [2.75, 3.05) is 0 Å². The van der Waals surface area contributed by atoms with E-state index in [1.165, 1.54) is 37.8 Å². The van der Waals surface area contributed by atoms with Crippen LogP contribution in [-0.4, -0.2) is 14.5 Å². The van der Waals surface area contributed by atoms with Crippen LogP contribution in [0.3, 0.4) is 0 Å². The molecular weight excluding hydrogens is 747 g/mol. The Labute approximate surface area is 348 Å². The highest BCUT2D eigenvalue weighted by atomic mass is 16.5. The summed E-state index contributed by atoms with van der Waals surface area (Å²) < 4.78 is 15.8. The summed E-state index contributed by atoms with van der Waals surface area (Å²) in [6.45, 7) is 0. The molecule has 4 heterocycles. The van der Waals surface area contributed by atoms with Gasteiger partial charge >= 0.3 is 0 Å². The third-order valence-electron chi connectivity index (χ3n) is 12.7. The molecule has 1 aliphatic heterocycles. The molecular formula is C56H31N3O2. The summed E-state index contributed by atoms with van der Waals surface area (Å²) in [5, 5.41) is 11.6. The van der Waals surface area contributed by atoms with Gasteiger partial charge in [-0.25, -0.2) is 9.97 Å². The number of para-hydroxylation sites is 3. The monoisotopic (exact) mass is 777 g/mol. The minimum Gasteiger partial charge on any atom is -0.456 e. The average molecular weight is 778 g/mol. The van der Waals surface area contributed by atoms with E-state index in [0.29, 0.717) is 0 Å². The molecule has 0 aliphatic carbocycles. The van der Waals surface area contributed by atoms with Crippen LogP contribution in [-0.2, 0) is 0 Å². The van der Waals surface area contributed by atoms with E-state index in [4.69, 9.17) is 19.1 Å². The standard InChI is InChI=1S/C56H31N3O2/c1-2-12-34-29-48-44(28-33(34)11-1)38-14-5-8-19-47(38)59(48)36-22-24-39-40-15-9-16-41-42(25-27-50(54(40)41)61-52(39)31-36)56-55(57-45-17-6-7-18-46(45)58-56)35-20-23-43-51(30-35)60-49-26-21-32-10-3-4-13-37(32)53(43)49/h1-31H. The van der Waals surface area contributed by atoms with Gasteiger partial charge in [-0.3, -0.25) is 0 Å². The Morgan fingerprint density at radius 3 is 2.00 bits per heavy atom. The summed E-state index contributed by atoms with van der Waals surface area (Å²) in [6.07, 6.45) is 0. The summed E-state index contributed by atoms with van der Waals surface area (Å²) >= 11 is 0. The zero-order valence-corrected chi connectivity index (χ0v) is 32.6. The molecule has 282 valence electrons. The topological polar surface area (TPSA) is 53.1 Å². The van der Waals surface area contributed by atoms with Crippen LogP contribution in [0.1, 0.15) is 0 Å². The van der Waals surface area contributed by atoms with Crippen LogP contribution in [0.25, 0.3) is 126 Å². The van der Waals surface area contributed by atoms with E-state index in [0.717, 1.165) is 100 Å². The first-order valence-electron chi connectivity index (χ1n) is 20.6. The van der Waals surface area contributed by atoms with Crippen molar-refractivity contribution in [3.8, 4) is 50.8 Å². The number of hydrogen-bond acceptors (Lipinski definition) is 4. The van der Waals surface area contributed by atoms with Gasteiger partial charge in [-0.15, -0.1) is 0 Å². The molecule has 3 aromatic heterocycles. The Morgan fingerprint density at radius 1 is 0.377 bits per heavy atom. The number of nitrogens with zero attached hydrogens (tertiary/aromatic N) is 3. The lowest BCUT2D eigenvalue weighted by molar-refractivity contribution is 0.487. The van der Waals surface area contributed by atoms with Crippen molar-refractivity contribution in [1.82, 2.24) is 14.5 Å². The first-order valence-corrected chi connectivity index (χ1v) is 20.6. The average Bonchev–Trinajstić information content (AvgIpc) is 3.85. The molecule has 0 fully saturated rings. The second-order valence-corrected chi connectivity index (χ2v) is 16.1. The second-order valence-electron chi connectivity index (χ2n) is 16.1. The van der Waals surface area contributed by atoms with Gasteiger partial charge in [0, 0.05) is 55.4 Å². The molecule has 61 heavy (non-hydrogen) atoms. The molecule has 0 N–H and O–H groups in total. The molecule has 14 rings (SSSR count). The molecule has 0 spiro atoms. The zero-order chi connectivity index (χ0) is 39.8. The van der Waals surface area contributed by atoms with Crippen molar-refractivity contribution in [2.24, 2.45) is 0 Å². The van der Waals surface area contributed by atoms with Crippen LogP contribution >= 0.6 is 0 Å². The number of rotatable bonds is 3. The van der Waals surface area contributed by atoms with Crippen LogP contribution < -0.4 is 4.74 Å². The zero-order valence-electron chi connectivity index (χ0n) is 32.6. The lowest BCUT2D eigenvalue weighted by Gasteiger charge is -2.24. The molecule has 10 aromatic carbocycles. The number of benzene rings is 10. The van der Waals surface area contributed by atoms with Gasteiger partial charge in [0.15, 0.2) is 0 Å². The SMILES string of the molecule is c1ccc2cc3c(cc2c1)c1ccccc1n3-c1ccc2c(c1)Oc1ccc(-c3nc4ccccc4nc3-c3ccc4c(c3)oc3ccc5ccccc5c34)c3cccc-2c13. The largest absolute Gasteiger partial charge is 0.456 e. The molecule has 0 amide bonds. The second kappa shape index (κ2) is 12.1. The fraction of sp³-hybridized carbons (Fsp3) is 0. The van der Waals surface area contributed by atoms with E-state index < -0.39 is 0 Å². The van der Waals surface area contributed by atoms with Crippen molar-refractivity contribution in [2.45, 2.75) is 0 Å². The van der Waals surface area contributed by atoms with Gasteiger partial charge < -0.3 is 13.7 Å². The highest BCUT2D eigenvalue weighted by Crippen LogP contribution is 2.50. The van der Waals surface area contributed by atoms with E-state index in [-0.39, 0.29) is 0 Å². The molecule has 0 saturated heterocycles. The van der Waals surface area contributed by atoms with Crippen LogP contribution in [0.4, 0.5) is 0 Å². The predicted molar refractivity (Wildman–Crippen MR) is 250 cm³/mol. The number of aromatic nitrogens is 3. The van der Waals surface area contributed by atoms with Crippen molar-refractivity contribution in [1.29, 1.82) is 0 Å². The first-order chi connectivity index (χ1) is 30.2. The highest BCUT2D eigenvalue weighted by Gasteiger charge is 2.25. The fourth-order valence-corrected chi connectivity index (χ4v) is 9.98. The van der Waals surface area contributed by atoms with E-state index >= 15 is 0 Å². The molecule has 5 nitrogen and oxygen atoms in total. The van der Waals surface area contributed by atoms with E-state index in [9.17, 15) is 0 Å². The number of hydrogen-bond donors (Lipinski definition) is 0.